The van der Waals surface area contributed by atoms with Gasteiger partial charge in [-0.1, -0.05) is 0 Å². The van der Waals surface area contributed by atoms with Crippen molar-refractivity contribution in [3.8, 4) is 0 Å². The molecule has 0 bridgehead atoms. The molecule has 0 spiro atoms. The van der Waals surface area contributed by atoms with E-state index >= 15 is 0 Å². The number of nitrogens with zero attached hydrogens (tertiary/aromatic N) is 6. The van der Waals surface area contributed by atoms with E-state index in [1.165, 1.54) is 10.4 Å². The summed E-state index contributed by atoms with van der Waals surface area (Å²) in [6.07, 6.45) is 1.10. The molecule has 0 aromatic carbocycles. The lowest BCUT2D eigenvalue weighted by Gasteiger charge is -2.42. The van der Waals surface area contributed by atoms with Crippen molar-refractivity contribution < 1.29 is 21.6 Å². The van der Waals surface area contributed by atoms with Gasteiger partial charge in [-0.3, -0.25) is 4.90 Å². The number of piperazine rings is 1. The number of halogens is 3. The number of alkyl halides is 3. The van der Waals surface area contributed by atoms with Crippen molar-refractivity contribution in [1.82, 2.24) is 23.7 Å². The SMILES string of the molecule is CC(C)n1cnc(S(=O)(=O)N2CCC(N3CCN(c4ccc(C(F)(F)F)cn4)CC3)CC2)c1. The molecule has 0 saturated carbocycles. The summed E-state index contributed by atoms with van der Waals surface area (Å²) in [5, 5.41) is 0.0901. The van der Waals surface area contributed by atoms with Gasteiger partial charge in [-0.15, -0.1) is 0 Å². The second-order valence-electron chi connectivity index (χ2n) is 8.81. The lowest BCUT2D eigenvalue weighted by atomic mass is 10.0. The Hall–Kier alpha value is -2.18. The Morgan fingerprint density at radius 1 is 1.00 bits per heavy atom. The third-order valence-electron chi connectivity index (χ3n) is 6.43. The highest BCUT2D eigenvalue weighted by molar-refractivity contribution is 7.89. The molecule has 4 heterocycles. The van der Waals surface area contributed by atoms with Gasteiger partial charge in [0.25, 0.3) is 10.0 Å². The van der Waals surface area contributed by atoms with Crippen LogP contribution in [0.1, 0.15) is 38.3 Å². The van der Waals surface area contributed by atoms with Crippen LogP contribution in [0.2, 0.25) is 0 Å². The lowest BCUT2D eigenvalue weighted by molar-refractivity contribution is -0.137. The number of sulfonamides is 1. The Bertz CT molecular complexity index is 1040. The van der Waals surface area contributed by atoms with Gasteiger partial charge in [0.05, 0.1) is 11.9 Å². The summed E-state index contributed by atoms with van der Waals surface area (Å²) in [6.45, 7) is 7.70. The number of aromatic nitrogens is 3. The highest BCUT2D eigenvalue weighted by atomic mass is 32.2. The minimum absolute atomic E-state index is 0.0901. The zero-order chi connectivity index (χ0) is 23.8. The molecule has 2 aliphatic heterocycles. The first kappa shape index (κ1) is 24.0. The Kier molecular flexibility index (Phi) is 6.70. The first-order valence-corrected chi connectivity index (χ1v) is 12.6. The smallest absolute Gasteiger partial charge is 0.354 e. The van der Waals surface area contributed by atoms with Gasteiger partial charge in [-0.05, 0) is 38.8 Å². The predicted octanol–water partition coefficient (Wildman–Crippen LogP) is 2.85. The van der Waals surface area contributed by atoms with Crippen LogP contribution in [-0.4, -0.2) is 77.5 Å². The molecule has 0 N–H and O–H groups in total. The van der Waals surface area contributed by atoms with Crippen molar-refractivity contribution in [2.45, 2.75) is 50.0 Å². The molecule has 0 unspecified atom stereocenters. The van der Waals surface area contributed by atoms with Crippen LogP contribution in [-0.2, 0) is 16.2 Å². The molecule has 182 valence electrons. The first-order chi connectivity index (χ1) is 15.6. The molecule has 12 heteroatoms. The van der Waals surface area contributed by atoms with Gasteiger partial charge in [0.15, 0.2) is 5.03 Å². The van der Waals surface area contributed by atoms with E-state index in [1.807, 2.05) is 18.7 Å². The monoisotopic (exact) mass is 486 g/mol. The third kappa shape index (κ3) is 5.17. The number of pyridine rings is 1. The molecule has 4 rings (SSSR count). The van der Waals surface area contributed by atoms with Crippen molar-refractivity contribution >= 4 is 15.8 Å². The van der Waals surface area contributed by atoms with Gasteiger partial charge in [0.2, 0.25) is 0 Å². The van der Waals surface area contributed by atoms with E-state index in [1.54, 1.807) is 17.1 Å². The van der Waals surface area contributed by atoms with Crippen LogP contribution in [0.4, 0.5) is 19.0 Å². The molecule has 0 aliphatic carbocycles. The molecule has 2 aliphatic rings. The van der Waals surface area contributed by atoms with Crippen molar-refractivity contribution in [3.05, 3.63) is 36.4 Å². The van der Waals surface area contributed by atoms with Crippen molar-refractivity contribution in [1.29, 1.82) is 0 Å². The molecule has 0 amide bonds. The average molecular weight is 487 g/mol. The molecule has 33 heavy (non-hydrogen) atoms. The maximum Gasteiger partial charge on any atom is 0.417 e. The zero-order valence-electron chi connectivity index (χ0n) is 18.7. The van der Waals surface area contributed by atoms with Crippen LogP contribution < -0.4 is 4.90 Å². The maximum atomic E-state index is 12.9. The summed E-state index contributed by atoms with van der Waals surface area (Å²) in [5.74, 6) is 0.546. The van der Waals surface area contributed by atoms with Gasteiger partial charge in [-0.2, -0.15) is 17.5 Å². The molecular weight excluding hydrogens is 457 g/mol. The van der Waals surface area contributed by atoms with E-state index in [4.69, 9.17) is 0 Å². The predicted molar refractivity (Wildman–Crippen MR) is 117 cm³/mol. The van der Waals surface area contributed by atoms with Crippen LogP contribution in [0.25, 0.3) is 0 Å². The van der Waals surface area contributed by atoms with Crippen LogP contribution in [0.5, 0.6) is 0 Å². The fourth-order valence-corrected chi connectivity index (χ4v) is 5.76. The summed E-state index contributed by atoms with van der Waals surface area (Å²) in [6, 6.07) is 2.91. The largest absolute Gasteiger partial charge is 0.417 e. The minimum Gasteiger partial charge on any atom is -0.354 e. The van der Waals surface area contributed by atoms with E-state index in [0.29, 0.717) is 32.0 Å². The second kappa shape index (κ2) is 9.22. The second-order valence-corrected chi connectivity index (χ2v) is 10.7. The topological polar surface area (TPSA) is 74.6 Å². The van der Waals surface area contributed by atoms with Gasteiger partial charge in [0.1, 0.15) is 5.82 Å². The van der Waals surface area contributed by atoms with E-state index in [0.717, 1.165) is 38.2 Å². The Balaban J connectivity index is 1.29. The van der Waals surface area contributed by atoms with Crippen LogP contribution in [0, 0.1) is 0 Å². The Morgan fingerprint density at radius 2 is 1.67 bits per heavy atom. The van der Waals surface area contributed by atoms with Gasteiger partial charge in [-0.25, -0.2) is 18.4 Å². The third-order valence-corrected chi connectivity index (χ3v) is 8.22. The van der Waals surface area contributed by atoms with Crippen LogP contribution in [0.3, 0.4) is 0 Å². The molecule has 2 aromatic heterocycles. The summed E-state index contributed by atoms with van der Waals surface area (Å²) in [5.41, 5.74) is -0.748. The van der Waals surface area contributed by atoms with E-state index in [-0.39, 0.29) is 17.1 Å². The number of hydrogen-bond acceptors (Lipinski definition) is 6. The normalized spacial score (nSPS) is 20.0. The van der Waals surface area contributed by atoms with Gasteiger partial charge < -0.3 is 9.47 Å². The van der Waals surface area contributed by atoms with E-state index in [2.05, 4.69) is 14.9 Å². The number of hydrogen-bond donors (Lipinski definition) is 0. The summed E-state index contributed by atoms with van der Waals surface area (Å²) in [4.78, 5) is 12.4. The van der Waals surface area contributed by atoms with E-state index in [9.17, 15) is 21.6 Å². The summed E-state index contributed by atoms with van der Waals surface area (Å²) >= 11 is 0. The molecule has 2 saturated heterocycles. The number of anilines is 1. The first-order valence-electron chi connectivity index (χ1n) is 11.1. The van der Waals surface area contributed by atoms with Crippen molar-refractivity contribution in [3.63, 3.8) is 0 Å². The highest BCUT2D eigenvalue weighted by Crippen LogP contribution is 2.30. The van der Waals surface area contributed by atoms with Gasteiger partial charge in [0, 0.05) is 63.7 Å². The van der Waals surface area contributed by atoms with Crippen molar-refractivity contribution in [2.24, 2.45) is 0 Å². The Labute approximate surface area is 192 Å². The average Bonchev–Trinajstić information content (AvgIpc) is 3.31. The summed E-state index contributed by atoms with van der Waals surface area (Å²) < 4.78 is 67.4. The number of imidazole rings is 1. The number of piperidine rings is 1. The standard InChI is InChI=1S/C21H29F3N6O2S/c1-16(2)29-14-20(26-15-29)33(31,32)30-7-5-18(6-8-30)27-9-11-28(12-10-27)19-4-3-17(13-25-19)21(22,23)24/h3-4,13-16,18H,5-12H2,1-2H3. The quantitative estimate of drug-likeness (QED) is 0.647. The van der Waals surface area contributed by atoms with Gasteiger partial charge >= 0.3 is 6.18 Å². The van der Waals surface area contributed by atoms with Crippen molar-refractivity contribution in [2.75, 3.05) is 44.2 Å². The molecular formula is C21H29F3N6O2S. The minimum atomic E-state index is -4.39. The molecule has 0 atom stereocenters. The molecule has 0 radical (unpaired) electrons. The zero-order valence-corrected chi connectivity index (χ0v) is 19.6. The molecule has 8 nitrogen and oxygen atoms in total. The highest BCUT2D eigenvalue weighted by Gasteiger charge is 2.34. The van der Waals surface area contributed by atoms with Crippen LogP contribution >= 0.6 is 0 Å². The maximum absolute atomic E-state index is 12.9. The van der Waals surface area contributed by atoms with E-state index < -0.39 is 21.8 Å². The molecule has 2 fully saturated rings. The summed E-state index contributed by atoms with van der Waals surface area (Å²) in [7, 11) is -3.60. The lowest BCUT2D eigenvalue weighted by Crippen LogP contribution is -2.54. The Morgan fingerprint density at radius 3 is 2.18 bits per heavy atom. The fraction of sp³-hybridized carbons (Fsp3) is 0.619. The van der Waals surface area contributed by atoms with Crippen LogP contribution in [0.15, 0.2) is 35.9 Å². The fourth-order valence-electron chi connectivity index (χ4n) is 4.37. The molecule has 2 aromatic rings. The number of rotatable bonds is 5.